The molecule has 0 saturated carbocycles. The lowest BCUT2D eigenvalue weighted by Crippen LogP contribution is -2.47. The molecule has 0 saturated heterocycles. The van der Waals surface area contributed by atoms with Crippen LogP contribution in [0.3, 0.4) is 0 Å². The summed E-state index contributed by atoms with van der Waals surface area (Å²) < 4.78 is 24.2. The number of halogens is 1. The Morgan fingerprint density at radius 3 is 2.52 bits per heavy atom. The SMILES string of the molecule is COCCN1C(=O)NC(c2ccc(F)cc2)C(c2nc(-c3ccc(C)cc3)no2)=C1C. The molecule has 160 valence electrons. The number of amides is 2. The highest BCUT2D eigenvalue weighted by molar-refractivity contribution is 5.86. The van der Waals surface area contributed by atoms with Crippen LogP contribution in [0.1, 0.15) is 30.0 Å². The first-order valence-corrected chi connectivity index (χ1v) is 9.92. The molecule has 7 nitrogen and oxygen atoms in total. The van der Waals surface area contributed by atoms with Gasteiger partial charge in [0.2, 0.25) is 5.82 Å². The van der Waals surface area contributed by atoms with Crippen LogP contribution in [-0.4, -0.2) is 41.3 Å². The van der Waals surface area contributed by atoms with Crippen LogP contribution in [0, 0.1) is 12.7 Å². The number of methoxy groups -OCH3 is 1. The van der Waals surface area contributed by atoms with Gasteiger partial charge in [-0.15, -0.1) is 0 Å². The number of hydrogen-bond donors (Lipinski definition) is 1. The average molecular weight is 422 g/mol. The zero-order chi connectivity index (χ0) is 22.0. The monoisotopic (exact) mass is 422 g/mol. The molecular formula is C23H23FN4O3. The van der Waals surface area contributed by atoms with Crippen molar-refractivity contribution in [1.29, 1.82) is 0 Å². The topological polar surface area (TPSA) is 80.5 Å². The fourth-order valence-corrected chi connectivity index (χ4v) is 3.57. The maximum absolute atomic E-state index is 13.5. The third kappa shape index (κ3) is 4.20. The van der Waals surface area contributed by atoms with Gasteiger partial charge in [0.1, 0.15) is 5.82 Å². The van der Waals surface area contributed by atoms with Crippen LogP contribution in [-0.2, 0) is 4.74 Å². The van der Waals surface area contributed by atoms with E-state index in [1.807, 2.05) is 38.1 Å². The van der Waals surface area contributed by atoms with E-state index in [0.29, 0.717) is 41.7 Å². The minimum atomic E-state index is -0.557. The van der Waals surface area contributed by atoms with Gasteiger partial charge in [-0.1, -0.05) is 47.1 Å². The lowest BCUT2D eigenvalue weighted by molar-refractivity contribution is 0.158. The van der Waals surface area contributed by atoms with E-state index >= 15 is 0 Å². The Morgan fingerprint density at radius 1 is 1.13 bits per heavy atom. The zero-order valence-electron chi connectivity index (χ0n) is 17.6. The Labute approximate surface area is 179 Å². The predicted octanol–water partition coefficient (Wildman–Crippen LogP) is 4.33. The molecule has 2 amide bonds. The number of nitrogens with zero attached hydrogens (tertiary/aromatic N) is 3. The van der Waals surface area contributed by atoms with Gasteiger partial charge < -0.3 is 14.6 Å². The number of benzene rings is 2. The van der Waals surface area contributed by atoms with Gasteiger partial charge in [-0.25, -0.2) is 9.18 Å². The van der Waals surface area contributed by atoms with E-state index in [1.165, 1.54) is 12.1 Å². The van der Waals surface area contributed by atoms with Crippen molar-refractivity contribution >= 4 is 11.6 Å². The van der Waals surface area contributed by atoms with Crippen LogP contribution in [0.2, 0.25) is 0 Å². The first-order chi connectivity index (χ1) is 15.0. The van der Waals surface area contributed by atoms with Crippen LogP contribution in [0.15, 0.2) is 58.8 Å². The van der Waals surface area contributed by atoms with Crippen molar-refractivity contribution in [2.45, 2.75) is 19.9 Å². The fourth-order valence-electron chi connectivity index (χ4n) is 3.57. The maximum Gasteiger partial charge on any atom is 0.322 e. The van der Waals surface area contributed by atoms with E-state index < -0.39 is 6.04 Å². The van der Waals surface area contributed by atoms with Gasteiger partial charge in [-0.2, -0.15) is 4.98 Å². The second-order valence-corrected chi connectivity index (χ2v) is 7.37. The molecule has 1 aliphatic rings. The normalized spacial score (nSPS) is 16.6. The molecule has 2 aromatic carbocycles. The summed E-state index contributed by atoms with van der Waals surface area (Å²) >= 11 is 0. The summed E-state index contributed by atoms with van der Waals surface area (Å²) in [6, 6.07) is 13.0. The van der Waals surface area contributed by atoms with Crippen molar-refractivity contribution in [1.82, 2.24) is 20.4 Å². The number of ether oxygens (including phenoxy) is 1. The van der Waals surface area contributed by atoms with E-state index in [0.717, 1.165) is 11.1 Å². The molecule has 4 rings (SSSR count). The van der Waals surface area contributed by atoms with Crippen molar-refractivity contribution in [2.75, 3.05) is 20.3 Å². The quantitative estimate of drug-likeness (QED) is 0.640. The third-order valence-corrected chi connectivity index (χ3v) is 5.28. The Hall–Kier alpha value is -3.52. The lowest BCUT2D eigenvalue weighted by atomic mass is 9.94. The summed E-state index contributed by atoms with van der Waals surface area (Å²) in [6.07, 6.45) is 0. The smallest absolute Gasteiger partial charge is 0.322 e. The molecule has 0 radical (unpaired) electrons. The van der Waals surface area contributed by atoms with Crippen LogP contribution in [0.25, 0.3) is 17.0 Å². The number of urea groups is 1. The Balaban J connectivity index is 1.78. The molecule has 31 heavy (non-hydrogen) atoms. The molecule has 0 aliphatic carbocycles. The molecular weight excluding hydrogens is 399 g/mol. The summed E-state index contributed by atoms with van der Waals surface area (Å²) in [5.41, 5.74) is 4.01. The van der Waals surface area contributed by atoms with Gasteiger partial charge in [0.25, 0.3) is 5.89 Å². The van der Waals surface area contributed by atoms with Gasteiger partial charge in [0.15, 0.2) is 0 Å². The Morgan fingerprint density at radius 2 is 1.84 bits per heavy atom. The third-order valence-electron chi connectivity index (χ3n) is 5.28. The summed E-state index contributed by atoms with van der Waals surface area (Å²) in [4.78, 5) is 19.0. The van der Waals surface area contributed by atoms with Gasteiger partial charge in [-0.3, -0.25) is 4.90 Å². The van der Waals surface area contributed by atoms with Crippen molar-refractivity contribution in [3.05, 3.63) is 77.1 Å². The van der Waals surface area contributed by atoms with Crippen LogP contribution >= 0.6 is 0 Å². The van der Waals surface area contributed by atoms with Gasteiger partial charge in [0.05, 0.1) is 24.8 Å². The summed E-state index contributed by atoms with van der Waals surface area (Å²) in [5.74, 6) is 0.396. The summed E-state index contributed by atoms with van der Waals surface area (Å²) in [6.45, 7) is 4.58. The van der Waals surface area contributed by atoms with E-state index in [-0.39, 0.29) is 11.8 Å². The second kappa shape index (κ2) is 8.69. The van der Waals surface area contributed by atoms with Crippen molar-refractivity contribution in [3.8, 4) is 11.4 Å². The number of nitrogens with one attached hydrogen (secondary N) is 1. The van der Waals surface area contributed by atoms with Crippen molar-refractivity contribution in [2.24, 2.45) is 0 Å². The standard InChI is InChI=1S/C23H23FN4O3/c1-14-4-6-17(7-5-14)21-26-22(31-27-21)19-15(2)28(12-13-30-3)23(29)25-20(19)16-8-10-18(24)11-9-16/h4-11,20H,12-13H2,1-3H3,(H,25,29). The Bertz CT molecular complexity index is 1110. The second-order valence-electron chi connectivity index (χ2n) is 7.37. The number of carbonyl (C=O) groups excluding carboxylic acids is 1. The molecule has 1 aromatic heterocycles. The number of allylic oxidation sites excluding steroid dienone is 1. The molecule has 3 aromatic rings. The summed E-state index contributed by atoms with van der Waals surface area (Å²) in [5, 5.41) is 7.11. The average Bonchev–Trinajstić information content (AvgIpc) is 3.24. The van der Waals surface area contributed by atoms with Crippen LogP contribution in [0.4, 0.5) is 9.18 Å². The number of aryl methyl sites for hydroxylation is 1. The highest BCUT2D eigenvalue weighted by Crippen LogP contribution is 2.37. The van der Waals surface area contributed by atoms with Crippen molar-refractivity contribution in [3.63, 3.8) is 0 Å². The number of aromatic nitrogens is 2. The molecule has 1 aliphatic heterocycles. The first-order valence-electron chi connectivity index (χ1n) is 9.92. The number of hydrogen-bond acceptors (Lipinski definition) is 5. The largest absolute Gasteiger partial charge is 0.383 e. The van der Waals surface area contributed by atoms with Crippen LogP contribution in [0.5, 0.6) is 0 Å². The number of rotatable bonds is 6. The molecule has 0 spiro atoms. The molecule has 0 bridgehead atoms. The van der Waals surface area contributed by atoms with Gasteiger partial charge in [-0.05, 0) is 31.5 Å². The van der Waals surface area contributed by atoms with E-state index in [2.05, 4.69) is 15.5 Å². The minimum absolute atomic E-state index is 0.272. The first kappa shape index (κ1) is 20.7. The van der Waals surface area contributed by atoms with E-state index in [9.17, 15) is 9.18 Å². The van der Waals surface area contributed by atoms with Gasteiger partial charge in [0, 0.05) is 18.4 Å². The highest BCUT2D eigenvalue weighted by atomic mass is 19.1. The van der Waals surface area contributed by atoms with Gasteiger partial charge >= 0.3 is 6.03 Å². The summed E-state index contributed by atoms with van der Waals surface area (Å²) in [7, 11) is 1.58. The highest BCUT2D eigenvalue weighted by Gasteiger charge is 2.35. The molecule has 0 fully saturated rings. The van der Waals surface area contributed by atoms with E-state index in [1.54, 1.807) is 24.1 Å². The van der Waals surface area contributed by atoms with E-state index in [4.69, 9.17) is 9.26 Å². The molecule has 1 atom stereocenters. The minimum Gasteiger partial charge on any atom is -0.383 e. The predicted molar refractivity (Wildman–Crippen MR) is 113 cm³/mol. The maximum atomic E-state index is 13.5. The zero-order valence-corrected chi connectivity index (χ0v) is 17.6. The van der Waals surface area contributed by atoms with Crippen molar-refractivity contribution < 1.29 is 18.4 Å². The Kier molecular flexibility index (Phi) is 5.81. The van der Waals surface area contributed by atoms with Crippen LogP contribution < -0.4 is 5.32 Å². The molecule has 1 unspecified atom stereocenters. The fraction of sp³-hybridized carbons (Fsp3) is 0.261. The number of carbonyl (C=O) groups is 1. The molecule has 2 heterocycles. The molecule has 8 heteroatoms. The molecule has 1 N–H and O–H groups in total. The lowest BCUT2D eigenvalue weighted by Gasteiger charge is -2.35.